The molecule has 3 heterocycles. The highest BCUT2D eigenvalue weighted by atomic mass is 16.5. The van der Waals surface area contributed by atoms with Gasteiger partial charge in [-0.25, -0.2) is 0 Å². The van der Waals surface area contributed by atoms with Crippen LogP contribution in [0.25, 0.3) is 10.9 Å². The van der Waals surface area contributed by atoms with Crippen LogP contribution in [0.3, 0.4) is 0 Å². The number of aryl methyl sites for hydroxylation is 2. The third kappa shape index (κ3) is 2.40. The molecule has 1 unspecified atom stereocenters. The minimum atomic E-state index is 0.534. The highest BCUT2D eigenvalue weighted by Gasteiger charge is 2.27. The number of aromatic nitrogens is 3. The SMILES string of the molecule is COc1cccc2c(N3CCC(c4cnn(C)c4)C3)c(C)cnc12. The van der Waals surface area contributed by atoms with Crippen LogP contribution in [0.1, 0.15) is 23.5 Å². The Morgan fingerprint density at radius 2 is 2.12 bits per heavy atom. The first-order valence-electron chi connectivity index (χ1n) is 8.33. The zero-order valence-electron chi connectivity index (χ0n) is 14.4. The maximum atomic E-state index is 5.49. The predicted octanol–water partition coefficient (Wildman–Crippen LogP) is 3.28. The van der Waals surface area contributed by atoms with Gasteiger partial charge in [-0.2, -0.15) is 5.10 Å². The Balaban J connectivity index is 1.73. The second-order valence-electron chi connectivity index (χ2n) is 6.53. The van der Waals surface area contributed by atoms with E-state index in [1.807, 2.05) is 36.3 Å². The van der Waals surface area contributed by atoms with Crippen molar-refractivity contribution in [3.8, 4) is 5.75 Å². The molecule has 1 aliphatic heterocycles. The predicted molar refractivity (Wildman–Crippen MR) is 95.8 cm³/mol. The average Bonchev–Trinajstić information content (AvgIpc) is 3.23. The minimum Gasteiger partial charge on any atom is -0.494 e. The summed E-state index contributed by atoms with van der Waals surface area (Å²) >= 11 is 0. The van der Waals surface area contributed by atoms with Crippen molar-refractivity contribution in [2.75, 3.05) is 25.1 Å². The smallest absolute Gasteiger partial charge is 0.145 e. The van der Waals surface area contributed by atoms with Crippen molar-refractivity contribution in [1.29, 1.82) is 0 Å². The van der Waals surface area contributed by atoms with E-state index in [2.05, 4.69) is 34.2 Å². The third-order valence-corrected chi connectivity index (χ3v) is 4.94. The Morgan fingerprint density at radius 1 is 1.25 bits per heavy atom. The lowest BCUT2D eigenvalue weighted by Crippen LogP contribution is -2.20. The van der Waals surface area contributed by atoms with Crippen LogP contribution in [0, 0.1) is 6.92 Å². The monoisotopic (exact) mass is 322 g/mol. The van der Waals surface area contributed by atoms with E-state index in [9.17, 15) is 0 Å². The summed E-state index contributed by atoms with van der Waals surface area (Å²) in [5, 5.41) is 5.49. The molecule has 4 rings (SSSR count). The van der Waals surface area contributed by atoms with Crippen molar-refractivity contribution < 1.29 is 4.74 Å². The van der Waals surface area contributed by atoms with E-state index in [1.54, 1.807) is 7.11 Å². The van der Waals surface area contributed by atoms with Crippen LogP contribution in [-0.2, 0) is 7.05 Å². The van der Waals surface area contributed by atoms with Crippen LogP contribution >= 0.6 is 0 Å². The number of ether oxygens (including phenoxy) is 1. The first-order valence-corrected chi connectivity index (χ1v) is 8.33. The molecule has 24 heavy (non-hydrogen) atoms. The number of fused-ring (bicyclic) bond motifs is 1. The molecule has 124 valence electrons. The van der Waals surface area contributed by atoms with Gasteiger partial charge in [-0.1, -0.05) is 12.1 Å². The van der Waals surface area contributed by atoms with Gasteiger partial charge in [-0.3, -0.25) is 9.67 Å². The van der Waals surface area contributed by atoms with Crippen LogP contribution in [0.4, 0.5) is 5.69 Å². The summed E-state index contributed by atoms with van der Waals surface area (Å²) in [6.45, 7) is 4.21. The minimum absolute atomic E-state index is 0.534. The number of nitrogens with zero attached hydrogens (tertiary/aromatic N) is 4. The quantitative estimate of drug-likeness (QED) is 0.742. The zero-order valence-corrected chi connectivity index (χ0v) is 14.4. The number of methoxy groups -OCH3 is 1. The standard InChI is InChI=1S/C19H22N4O/c1-13-9-20-18-16(5-4-6-17(18)24-3)19(13)23-8-7-14(12-23)15-10-21-22(2)11-15/h4-6,9-11,14H,7-8,12H2,1-3H3. The van der Waals surface area contributed by atoms with Gasteiger partial charge < -0.3 is 9.64 Å². The van der Waals surface area contributed by atoms with E-state index in [-0.39, 0.29) is 0 Å². The van der Waals surface area contributed by atoms with Crippen LogP contribution in [0.15, 0.2) is 36.8 Å². The van der Waals surface area contributed by atoms with Crippen molar-refractivity contribution in [3.63, 3.8) is 0 Å². The molecule has 0 saturated carbocycles. The summed E-state index contributed by atoms with van der Waals surface area (Å²) in [7, 11) is 3.67. The molecule has 0 bridgehead atoms. The molecule has 0 N–H and O–H groups in total. The molecule has 1 aromatic carbocycles. The van der Waals surface area contributed by atoms with Crippen molar-refractivity contribution in [2.24, 2.45) is 7.05 Å². The van der Waals surface area contributed by atoms with Gasteiger partial charge >= 0.3 is 0 Å². The number of benzene rings is 1. The normalized spacial score (nSPS) is 17.6. The summed E-state index contributed by atoms with van der Waals surface area (Å²) in [4.78, 5) is 7.08. The van der Waals surface area contributed by atoms with Gasteiger partial charge in [-0.15, -0.1) is 0 Å². The number of para-hydroxylation sites is 1. The van der Waals surface area contributed by atoms with Gasteiger partial charge in [0.05, 0.1) is 19.0 Å². The fraction of sp³-hybridized carbons (Fsp3) is 0.368. The van der Waals surface area contributed by atoms with Gasteiger partial charge in [0.1, 0.15) is 11.3 Å². The first kappa shape index (κ1) is 15.0. The molecule has 3 aromatic rings. The lowest BCUT2D eigenvalue weighted by Gasteiger charge is -2.23. The third-order valence-electron chi connectivity index (χ3n) is 4.94. The number of hydrogen-bond acceptors (Lipinski definition) is 4. The van der Waals surface area contributed by atoms with E-state index in [1.165, 1.54) is 22.2 Å². The molecule has 2 aromatic heterocycles. The van der Waals surface area contributed by atoms with E-state index in [0.717, 1.165) is 30.8 Å². The Morgan fingerprint density at radius 3 is 2.88 bits per heavy atom. The Kier molecular flexibility index (Phi) is 3.63. The second-order valence-corrected chi connectivity index (χ2v) is 6.53. The number of hydrogen-bond donors (Lipinski definition) is 0. The highest BCUT2D eigenvalue weighted by molar-refractivity contribution is 5.96. The summed E-state index contributed by atoms with van der Waals surface area (Å²) in [6.07, 6.45) is 7.24. The second kappa shape index (κ2) is 5.82. The number of rotatable bonds is 3. The highest BCUT2D eigenvalue weighted by Crippen LogP contribution is 2.38. The molecular weight excluding hydrogens is 300 g/mol. The Labute approximate surface area is 141 Å². The van der Waals surface area contributed by atoms with Crippen LogP contribution in [0.2, 0.25) is 0 Å². The maximum Gasteiger partial charge on any atom is 0.145 e. The fourth-order valence-electron chi connectivity index (χ4n) is 3.75. The van der Waals surface area contributed by atoms with Crippen molar-refractivity contribution in [3.05, 3.63) is 47.9 Å². The van der Waals surface area contributed by atoms with Gasteiger partial charge in [0.2, 0.25) is 0 Å². The number of pyridine rings is 1. The van der Waals surface area contributed by atoms with Crippen LogP contribution in [0.5, 0.6) is 5.75 Å². The summed E-state index contributed by atoms with van der Waals surface area (Å²) in [6, 6.07) is 6.15. The van der Waals surface area contributed by atoms with E-state index in [4.69, 9.17) is 4.74 Å². The van der Waals surface area contributed by atoms with Gasteiger partial charge in [-0.05, 0) is 30.5 Å². The maximum absolute atomic E-state index is 5.49. The molecule has 1 saturated heterocycles. The molecule has 0 radical (unpaired) electrons. The largest absolute Gasteiger partial charge is 0.494 e. The molecule has 0 aliphatic carbocycles. The Bertz CT molecular complexity index is 886. The van der Waals surface area contributed by atoms with Crippen LogP contribution in [-0.4, -0.2) is 35.0 Å². The number of anilines is 1. The molecule has 0 spiro atoms. The lowest BCUT2D eigenvalue weighted by atomic mass is 10.0. The summed E-state index contributed by atoms with van der Waals surface area (Å²) < 4.78 is 7.37. The molecule has 1 atom stereocenters. The van der Waals surface area contributed by atoms with Gasteiger partial charge in [0, 0.05) is 43.8 Å². The molecule has 0 amide bonds. The first-order chi connectivity index (χ1) is 11.7. The van der Waals surface area contributed by atoms with Crippen molar-refractivity contribution in [1.82, 2.24) is 14.8 Å². The fourth-order valence-corrected chi connectivity index (χ4v) is 3.75. The van der Waals surface area contributed by atoms with E-state index >= 15 is 0 Å². The van der Waals surface area contributed by atoms with E-state index in [0.29, 0.717) is 5.92 Å². The molecule has 5 nitrogen and oxygen atoms in total. The molecule has 5 heteroatoms. The summed E-state index contributed by atoms with van der Waals surface area (Å²) in [5.41, 5.74) is 4.76. The lowest BCUT2D eigenvalue weighted by molar-refractivity contribution is 0.419. The Hall–Kier alpha value is -2.56. The van der Waals surface area contributed by atoms with Crippen molar-refractivity contribution in [2.45, 2.75) is 19.3 Å². The topological polar surface area (TPSA) is 43.2 Å². The van der Waals surface area contributed by atoms with Gasteiger partial charge in [0.15, 0.2) is 0 Å². The van der Waals surface area contributed by atoms with E-state index < -0.39 is 0 Å². The van der Waals surface area contributed by atoms with Crippen LogP contribution < -0.4 is 9.64 Å². The molecule has 1 aliphatic rings. The van der Waals surface area contributed by atoms with Crippen molar-refractivity contribution >= 4 is 16.6 Å². The van der Waals surface area contributed by atoms with Gasteiger partial charge in [0.25, 0.3) is 0 Å². The zero-order chi connectivity index (χ0) is 16.7. The summed E-state index contributed by atoms with van der Waals surface area (Å²) in [5.74, 6) is 1.36. The molecule has 1 fully saturated rings. The average molecular weight is 322 g/mol. The molecular formula is C19H22N4O.